The molecule has 0 radical (unpaired) electrons. The molecule has 1 atom stereocenters. The molecule has 216 valence electrons. The minimum Gasteiger partial charge on any atom is -0.482 e. The number of rotatable bonds is 10. The number of carbonyl (C=O) groups excluding carboxylic acids is 3. The van der Waals surface area contributed by atoms with Gasteiger partial charge in [0.1, 0.15) is 12.3 Å². The quantitative estimate of drug-likeness (QED) is 0.316. The zero-order valence-corrected chi connectivity index (χ0v) is 25.1. The molecular weight excluding hydrogens is 563 g/mol. The number of likely N-dealkylation sites (N-methyl/N-ethyl adjacent to an activating group) is 2. The van der Waals surface area contributed by atoms with Crippen LogP contribution < -0.4 is 15.0 Å². The van der Waals surface area contributed by atoms with Crippen LogP contribution in [0.1, 0.15) is 31.9 Å². The maximum Gasteiger partial charge on any atom is 0.265 e. The van der Waals surface area contributed by atoms with E-state index in [1.165, 1.54) is 4.90 Å². The molecule has 0 fully saturated rings. The van der Waals surface area contributed by atoms with Crippen molar-refractivity contribution in [1.82, 2.24) is 9.80 Å². The van der Waals surface area contributed by atoms with Crippen LogP contribution in [-0.4, -0.2) is 67.9 Å². The molecule has 1 unspecified atom stereocenters. The van der Waals surface area contributed by atoms with Gasteiger partial charge in [-0.25, -0.2) is 0 Å². The van der Waals surface area contributed by atoms with Crippen LogP contribution >= 0.6 is 23.2 Å². The molecule has 0 aromatic heterocycles. The van der Waals surface area contributed by atoms with Gasteiger partial charge in [-0.05, 0) is 48.5 Å². The lowest BCUT2D eigenvalue weighted by molar-refractivity contribution is -0.133. The molecule has 1 aliphatic rings. The van der Waals surface area contributed by atoms with Gasteiger partial charge in [0.2, 0.25) is 11.8 Å². The van der Waals surface area contributed by atoms with Crippen LogP contribution in [-0.2, 0) is 14.4 Å². The second kappa shape index (κ2) is 13.4. The molecule has 0 saturated heterocycles. The first-order valence-electron chi connectivity index (χ1n) is 13.5. The Labute approximate surface area is 250 Å². The van der Waals surface area contributed by atoms with Crippen LogP contribution in [0.4, 0.5) is 11.4 Å². The Morgan fingerprint density at radius 3 is 2.20 bits per heavy atom. The maximum absolute atomic E-state index is 13.6. The molecular formula is C31H34Cl2N4O4. The largest absolute Gasteiger partial charge is 0.482 e. The van der Waals surface area contributed by atoms with Crippen molar-refractivity contribution in [3.8, 4) is 16.9 Å². The fourth-order valence-electron chi connectivity index (χ4n) is 4.56. The van der Waals surface area contributed by atoms with Crippen LogP contribution in [0.15, 0.2) is 60.7 Å². The standard InChI is InChI=1S/C31H34Cl2N4O4/c1-5-29(38)34-23-13-11-21(12-14-23)20-7-9-22(10-8-20)27(17-35(3)6-2)36(4)30(39)18-37-26-15-24(32)25(33)16-28(26)41-19-31(37)40/h7-16,27H,5-6,17-19H2,1-4H3,(H,34,38). The van der Waals surface area contributed by atoms with Crippen molar-refractivity contribution in [2.75, 3.05) is 50.6 Å². The minimum absolute atomic E-state index is 0.0285. The number of nitrogens with zero attached hydrogens (tertiary/aromatic N) is 3. The summed E-state index contributed by atoms with van der Waals surface area (Å²) >= 11 is 12.3. The van der Waals surface area contributed by atoms with Gasteiger partial charge in [-0.1, -0.05) is 73.4 Å². The van der Waals surface area contributed by atoms with E-state index in [9.17, 15) is 14.4 Å². The van der Waals surface area contributed by atoms with Gasteiger partial charge in [-0.15, -0.1) is 0 Å². The first-order valence-corrected chi connectivity index (χ1v) is 14.2. The molecule has 3 aromatic rings. The summed E-state index contributed by atoms with van der Waals surface area (Å²) in [6.07, 6.45) is 0.424. The molecule has 41 heavy (non-hydrogen) atoms. The van der Waals surface area contributed by atoms with Gasteiger partial charge in [0.25, 0.3) is 5.91 Å². The average Bonchev–Trinajstić information content (AvgIpc) is 2.98. The number of hydrogen-bond acceptors (Lipinski definition) is 5. The third kappa shape index (κ3) is 7.19. The van der Waals surface area contributed by atoms with Gasteiger partial charge in [0.05, 0.1) is 21.8 Å². The van der Waals surface area contributed by atoms with Crippen molar-refractivity contribution in [2.24, 2.45) is 0 Å². The van der Waals surface area contributed by atoms with Gasteiger partial charge in [-0.2, -0.15) is 0 Å². The third-order valence-corrected chi connectivity index (χ3v) is 7.96. The summed E-state index contributed by atoms with van der Waals surface area (Å²) in [5.41, 5.74) is 4.18. The molecule has 0 spiro atoms. The van der Waals surface area contributed by atoms with Crippen molar-refractivity contribution in [3.05, 3.63) is 76.3 Å². The van der Waals surface area contributed by atoms with E-state index in [1.54, 1.807) is 24.1 Å². The van der Waals surface area contributed by atoms with Gasteiger partial charge in [0.15, 0.2) is 6.61 Å². The zero-order valence-electron chi connectivity index (χ0n) is 23.6. The van der Waals surface area contributed by atoms with Gasteiger partial charge in [-0.3, -0.25) is 19.3 Å². The number of benzene rings is 3. The summed E-state index contributed by atoms with van der Waals surface area (Å²) in [7, 11) is 3.76. The first-order chi connectivity index (χ1) is 19.6. The summed E-state index contributed by atoms with van der Waals surface area (Å²) in [6.45, 7) is 4.96. The molecule has 1 aliphatic heterocycles. The average molecular weight is 598 g/mol. The maximum atomic E-state index is 13.6. The number of amides is 3. The molecule has 0 saturated carbocycles. The summed E-state index contributed by atoms with van der Waals surface area (Å²) in [6, 6.07) is 18.7. The highest BCUT2D eigenvalue weighted by molar-refractivity contribution is 6.42. The van der Waals surface area contributed by atoms with Crippen molar-refractivity contribution in [1.29, 1.82) is 0 Å². The lowest BCUT2D eigenvalue weighted by Crippen LogP contribution is -2.47. The van der Waals surface area contributed by atoms with Crippen LogP contribution in [0, 0.1) is 0 Å². The highest BCUT2D eigenvalue weighted by Gasteiger charge is 2.31. The normalized spacial score (nSPS) is 13.4. The van der Waals surface area contributed by atoms with Crippen molar-refractivity contribution in [3.63, 3.8) is 0 Å². The van der Waals surface area contributed by atoms with Gasteiger partial charge >= 0.3 is 0 Å². The highest BCUT2D eigenvalue weighted by Crippen LogP contribution is 2.39. The van der Waals surface area contributed by atoms with E-state index < -0.39 is 0 Å². The molecule has 1 heterocycles. The molecule has 8 nitrogen and oxygen atoms in total. The Balaban J connectivity index is 1.54. The van der Waals surface area contributed by atoms with E-state index in [0.29, 0.717) is 29.4 Å². The van der Waals surface area contributed by atoms with Gasteiger partial charge < -0.3 is 19.9 Å². The van der Waals surface area contributed by atoms with E-state index in [0.717, 1.165) is 28.9 Å². The number of fused-ring (bicyclic) bond motifs is 1. The number of nitrogens with one attached hydrogen (secondary N) is 1. The second-order valence-electron chi connectivity index (χ2n) is 9.98. The molecule has 10 heteroatoms. The van der Waals surface area contributed by atoms with Crippen LogP contribution in [0.5, 0.6) is 5.75 Å². The van der Waals surface area contributed by atoms with Crippen LogP contribution in [0.3, 0.4) is 0 Å². The van der Waals surface area contributed by atoms with Gasteiger partial charge in [0, 0.05) is 31.8 Å². The second-order valence-corrected chi connectivity index (χ2v) is 10.8. The lowest BCUT2D eigenvalue weighted by atomic mass is 9.99. The third-order valence-electron chi connectivity index (χ3n) is 7.24. The van der Waals surface area contributed by atoms with E-state index in [2.05, 4.69) is 17.1 Å². The fourth-order valence-corrected chi connectivity index (χ4v) is 4.87. The summed E-state index contributed by atoms with van der Waals surface area (Å²) < 4.78 is 5.52. The Morgan fingerprint density at radius 1 is 0.976 bits per heavy atom. The Bertz CT molecular complexity index is 1410. The summed E-state index contributed by atoms with van der Waals surface area (Å²) in [5.74, 6) is -0.169. The van der Waals surface area contributed by atoms with Crippen LogP contribution in [0.25, 0.3) is 11.1 Å². The van der Waals surface area contributed by atoms with E-state index in [4.69, 9.17) is 27.9 Å². The SMILES string of the molecule is CCC(=O)Nc1ccc(-c2ccc(C(CN(C)CC)N(C)C(=O)CN3C(=O)COc4cc(Cl)c(Cl)cc43)cc2)cc1. The highest BCUT2D eigenvalue weighted by atomic mass is 35.5. The number of carbonyl (C=O) groups is 3. The number of halogens is 2. The number of anilines is 2. The number of ether oxygens (including phenoxy) is 1. The topological polar surface area (TPSA) is 82.2 Å². The first kappa shape index (κ1) is 30.4. The molecule has 3 amide bonds. The minimum atomic E-state index is -0.329. The van der Waals surface area contributed by atoms with Crippen molar-refractivity contribution >= 4 is 52.3 Å². The van der Waals surface area contributed by atoms with E-state index in [1.807, 2.05) is 62.5 Å². The molecule has 1 N–H and O–H groups in total. The Hall–Kier alpha value is -3.59. The van der Waals surface area contributed by atoms with Crippen molar-refractivity contribution < 1.29 is 19.1 Å². The van der Waals surface area contributed by atoms with E-state index >= 15 is 0 Å². The molecule has 4 rings (SSSR count). The molecule has 0 aliphatic carbocycles. The monoisotopic (exact) mass is 596 g/mol. The fraction of sp³-hybridized carbons (Fsp3) is 0.323. The molecule has 0 bridgehead atoms. The van der Waals surface area contributed by atoms with E-state index in [-0.39, 0.29) is 41.9 Å². The number of hydrogen-bond donors (Lipinski definition) is 1. The Morgan fingerprint density at radius 2 is 1.59 bits per heavy atom. The smallest absolute Gasteiger partial charge is 0.265 e. The summed E-state index contributed by atoms with van der Waals surface area (Å²) in [5, 5.41) is 3.45. The lowest BCUT2D eigenvalue weighted by Gasteiger charge is -2.35. The van der Waals surface area contributed by atoms with Crippen LogP contribution in [0.2, 0.25) is 10.0 Å². The summed E-state index contributed by atoms with van der Waals surface area (Å²) in [4.78, 5) is 43.3. The Kier molecular flexibility index (Phi) is 9.91. The predicted octanol–water partition coefficient (Wildman–Crippen LogP) is 5.89. The predicted molar refractivity (Wildman–Crippen MR) is 164 cm³/mol. The molecule has 3 aromatic carbocycles. The van der Waals surface area contributed by atoms with Crippen molar-refractivity contribution in [2.45, 2.75) is 26.3 Å². The zero-order chi connectivity index (χ0) is 29.7.